The molecule has 0 unspecified atom stereocenters. The lowest BCUT2D eigenvalue weighted by Gasteiger charge is -2.08. The van der Waals surface area contributed by atoms with Gasteiger partial charge in [-0.15, -0.1) is 5.10 Å². The quantitative estimate of drug-likeness (QED) is 0.546. The number of benzene rings is 2. The third-order valence-corrected chi connectivity index (χ3v) is 4.30. The Morgan fingerprint density at radius 3 is 2.62 bits per heavy atom. The highest BCUT2D eigenvalue weighted by atomic mass is 16.5. The molecule has 2 heterocycles. The van der Waals surface area contributed by atoms with E-state index in [1.54, 1.807) is 31.5 Å². The van der Waals surface area contributed by atoms with E-state index in [0.717, 1.165) is 11.3 Å². The maximum atomic E-state index is 13.0. The zero-order valence-electron chi connectivity index (χ0n) is 15.8. The summed E-state index contributed by atoms with van der Waals surface area (Å²) in [5, 5.41) is 7.62. The van der Waals surface area contributed by atoms with E-state index in [2.05, 4.69) is 20.4 Å². The molecule has 0 atom stereocenters. The van der Waals surface area contributed by atoms with Gasteiger partial charge in [0.25, 0.3) is 5.91 Å². The molecule has 0 fully saturated rings. The predicted octanol–water partition coefficient (Wildman–Crippen LogP) is 3.65. The van der Waals surface area contributed by atoms with Crippen LogP contribution in [0.1, 0.15) is 15.9 Å². The number of methoxy groups -OCH3 is 1. The fourth-order valence-corrected chi connectivity index (χ4v) is 2.84. The van der Waals surface area contributed by atoms with Crippen molar-refractivity contribution in [3.05, 3.63) is 90.1 Å². The first-order chi connectivity index (χ1) is 14.2. The minimum Gasteiger partial charge on any atom is -0.497 e. The summed E-state index contributed by atoms with van der Waals surface area (Å²) in [6.45, 7) is 0.458. The van der Waals surface area contributed by atoms with Gasteiger partial charge in [-0.3, -0.25) is 9.78 Å². The van der Waals surface area contributed by atoms with Gasteiger partial charge in [-0.2, -0.15) is 9.67 Å². The highest BCUT2D eigenvalue weighted by Gasteiger charge is 2.19. The third kappa shape index (κ3) is 4.14. The fraction of sp³-hybridized carbons (Fsp3) is 0.0909. The average Bonchev–Trinajstić information content (AvgIpc) is 3.23. The van der Waals surface area contributed by atoms with Crippen LogP contribution in [0.25, 0.3) is 11.5 Å². The van der Waals surface area contributed by atoms with Crippen molar-refractivity contribution in [1.82, 2.24) is 19.7 Å². The summed E-state index contributed by atoms with van der Waals surface area (Å²) in [7, 11) is 1.63. The molecule has 0 radical (unpaired) electrons. The summed E-state index contributed by atoms with van der Waals surface area (Å²) in [5.74, 6) is 1.22. The summed E-state index contributed by atoms with van der Waals surface area (Å²) in [5.41, 5.74) is 2.11. The van der Waals surface area contributed by atoms with E-state index in [4.69, 9.17) is 4.74 Å². The molecule has 0 saturated carbocycles. The number of carbonyl (C=O) groups is 1. The Morgan fingerprint density at radius 1 is 1.03 bits per heavy atom. The number of pyridine rings is 1. The first-order valence-electron chi connectivity index (χ1n) is 9.09. The van der Waals surface area contributed by atoms with Gasteiger partial charge in [-0.25, -0.2) is 0 Å². The number of carbonyl (C=O) groups excluding carboxylic acids is 1. The molecule has 2 aromatic heterocycles. The predicted molar refractivity (Wildman–Crippen MR) is 110 cm³/mol. The Hall–Kier alpha value is -4.00. The maximum absolute atomic E-state index is 13.0. The standard InChI is InChI=1S/C22H19N5O2/c1-29-18-11-7-8-16(14-18)15-24-22-25-20(19-12-5-6-13-23-19)26-27(22)21(28)17-9-3-2-4-10-17/h2-14H,15H2,1H3,(H,24,25,26). The van der Waals surface area contributed by atoms with Gasteiger partial charge in [0.2, 0.25) is 11.8 Å². The smallest absolute Gasteiger partial charge is 0.281 e. The number of ether oxygens (including phenoxy) is 1. The molecule has 0 amide bonds. The molecule has 144 valence electrons. The molecule has 0 saturated heterocycles. The van der Waals surface area contributed by atoms with Crippen molar-refractivity contribution < 1.29 is 9.53 Å². The van der Waals surface area contributed by atoms with Crippen molar-refractivity contribution in [2.24, 2.45) is 0 Å². The number of hydrogen-bond donors (Lipinski definition) is 1. The van der Waals surface area contributed by atoms with E-state index in [-0.39, 0.29) is 5.91 Å². The SMILES string of the molecule is COc1cccc(CNc2nc(-c3ccccn3)nn2C(=O)c2ccccc2)c1. The monoisotopic (exact) mass is 385 g/mol. The van der Waals surface area contributed by atoms with Gasteiger partial charge in [0.05, 0.1) is 7.11 Å². The second kappa shape index (κ2) is 8.35. The molecule has 0 spiro atoms. The lowest BCUT2D eigenvalue weighted by Crippen LogP contribution is -2.17. The van der Waals surface area contributed by atoms with E-state index in [9.17, 15) is 4.79 Å². The second-order valence-corrected chi connectivity index (χ2v) is 6.26. The first-order valence-corrected chi connectivity index (χ1v) is 9.09. The van der Waals surface area contributed by atoms with Crippen LogP contribution in [0.3, 0.4) is 0 Å². The number of anilines is 1. The lowest BCUT2D eigenvalue weighted by molar-refractivity contribution is 0.0947. The van der Waals surface area contributed by atoms with Crippen LogP contribution in [-0.4, -0.2) is 32.8 Å². The number of aromatic nitrogens is 4. The van der Waals surface area contributed by atoms with Crippen LogP contribution in [-0.2, 0) is 6.54 Å². The number of nitrogens with zero attached hydrogens (tertiary/aromatic N) is 4. The van der Waals surface area contributed by atoms with Crippen LogP contribution in [0.4, 0.5) is 5.95 Å². The largest absolute Gasteiger partial charge is 0.497 e. The average molecular weight is 385 g/mol. The molecule has 1 N–H and O–H groups in total. The van der Waals surface area contributed by atoms with Gasteiger partial charge in [0, 0.05) is 18.3 Å². The van der Waals surface area contributed by atoms with Crippen LogP contribution >= 0.6 is 0 Å². The minimum atomic E-state index is -0.270. The molecular weight excluding hydrogens is 366 g/mol. The van der Waals surface area contributed by atoms with Crippen molar-refractivity contribution in [2.75, 3.05) is 12.4 Å². The Balaban J connectivity index is 1.67. The Bertz CT molecular complexity index is 1110. The molecule has 7 heteroatoms. The minimum absolute atomic E-state index is 0.270. The van der Waals surface area contributed by atoms with Crippen LogP contribution < -0.4 is 10.1 Å². The second-order valence-electron chi connectivity index (χ2n) is 6.26. The Morgan fingerprint density at radius 2 is 1.86 bits per heavy atom. The zero-order valence-corrected chi connectivity index (χ0v) is 15.8. The highest BCUT2D eigenvalue weighted by Crippen LogP contribution is 2.19. The molecule has 4 aromatic rings. The summed E-state index contributed by atoms with van der Waals surface area (Å²) >= 11 is 0. The number of hydrogen-bond acceptors (Lipinski definition) is 6. The summed E-state index contributed by atoms with van der Waals surface area (Å²) in [4.78, 5) is 21.8. The van der Waals surface area contributed by atoms with E-state index in [1.807, 2.05) is 54.6 Å². The van der Waals surface area contributed by atoms with Gasteiger partial charge in [0.15, 0.2) is 0 Å². The van der Waals surface area contributed by atoms with E-state index in [0.29, 0.717) is 29.6 Å². The van der Waals surface area contributed by atoms with Crippen molar-refractivity contribution >= 4 is 11.9 Å². The fourth-order valence-electron chi connectivity index (χ4n) is 2.84. The molecule has 0 aliphatic carbocycles. The zero-order chi connectivity index (χ0) is 20.1. The molecule has 0 aliphatic heterocycles. The Labute approximate surface area is 168 Å². The summed E-state index contributed by atoms with van der Waals surface area (Å²) < 4.78 is 6.54. The molecule has 4 rings (SSSR count). The number of nitrogens with one attached hydrogen (secondary N) is 1. The normalized spacial score (nSPS) is 10.5. The van der Waals surface area contributed by atoms with Gasteiger partial charge in [-0.05, 0) is 42.0 Å². The van der Waals surface area contributed by atoms with E-state index >= 15 is 0 Å². The van der Waals surface area contributed by atoms with Crippen LogP contribution in [0.15, 0.2) is 79.0 Å². The Kier molecular flexibility index (Phi) is 5.29. The van der Waals surface area contributed by atoms with Crippen molar-refractivity contribution in [1.29, 1.82) is 0 Å². The highest BCUT2D eigenvalue weighted by molar-refractivity contribution is 5.97. The molecular formula is C22H19N5O2. The van der Waals surface area contributed by atoms with Crippen molar-refractivity contribution in [3.8, 4) is 17.3 Å². The maximum Gasteiger partial charge on any atom is 0.281 e. The van der Waals surface area contributed by atoms with Gasteiger partial charge < -0.3 is 10.1 Å². The van der Waals surface area contributed by atoms with E-state index in [1.165, 1.54) is 4.68 Å². The topological polar surface area (TPSA) is 81.9 Å². The molecule has 7 nitrogen and oxygen atoms in total. The van der Waals surface area contributed by atoms with Crippen molar-refractivity contribution in [2.45, 2.75) is 6.54 Å². The summed E-state index contributed by atoms with van der Waals surface area (Å²) in [6, 6.07) is 22.1. The van der Waals surface area contributed by atoms with Crippen LogP contribution in [0.2, 0.25) is 0 Å². The first kappa shape index (κ1) is 18.4. The third-order valence-electron chi connectivity index (χ3n) is 4.30. The molecule has 2 aromatic carbocycles. The number of rotatable bonds is 6. The molecule has 29 heavy (non-hydrogen) atoms. The van der Waals surface area contributed by atoms with Gasteiger partial charge in [0.1, 0.15) is 11.4 Å². The van der Waals surface area contributed by atoms with Gasteiger partial charge >= 0.3 is 0 Å². The lowest BCUT2D eigenvalue weighted by atomic mass is 10.2. The molecule has 0 aliphatic rings. The van der Waals surface area contributed by atoms with Crippen molar-refractivity contribution in [3.63, 3.8) is 0 Å². The van der Waals surface area contributed by atoms with Crippen LogP contribution in [0.5, 0.6) is 5.75 Å². The summed E-state index contributed by atoms with van der Waals surface area (Å²) in [6.07, 6.45) is 1.67. The van der Waals surface area contributed by atoms with Crippen LogP contribution in [0, 0.1) is 0 Å². The van der Waals surface area contributed by atoms with Gasteiger partial charge in [-0.1, -0.05) is 36.4 Å². The van der Waals surface area contributed by atoms with E-state index < -0.39 is 0 Å². The molecule has 0 bridgehead atoms.